The maximum Gasteiger partial charge on any atom is 0.408 e. The van der Waals surface area contributed by atoms with Gasteiger partial charge in [-0.15, -0.1) is 0 Å². The highest BCUT2D eigenvalue weighted by molar-refractivity contribution is 5.90. The van der Waals surface area contributed by atoms with Crippen LogP contribution < -0.4 is 5.32 Å². The van der Waals surface area contributed by atoms with Crippen LogP contribution in [0.3, 0.4) is 0 Å². The summed E-state index contributed by atoms with van der Waals surface area (Å²) in [6, 6.07) is -0.493. The third-order valence-electron chi connectivity index (χ3n) is 2.62. The fourth-order valence-corrected chi connectivity index (χ4v) is 1.62. The Morgan fingerprint density at radius 2 is 1.94 bits per heavy atom. The van der Waals surface area contributed by atoms with Crippen LogP contribution in [0.5, 0.6) is 0 Å². The molecule has 5 heteroatoms. The molecular weight excluding hydrogens is 234 g/mol. The standard InChI is InChI=1S/C13H23NO4/c1-13(2,3)18-12(16)14-10(7-8-17-4)11(15)9-5-6-9/h9-10H,5-8H2,1-4H3,(H,14,16). The van der Waals surface area contributed by atoms with Gasteiger partial charge in [0.1, 0.15) is 5.60 Å². The van der Waals surface area contributed by atoms with Gasteiger partial charge in [0, 0.05) is 19.6 Å². The first-order chi connectivity index (χ1) is 8.33. The van der Waals surface area contributed by atoms with Crippen molar-refractivity contribution in [1.29, 1.82) is 0 Å². The molecule has 1 amide bonds. The van der Waals surface area contributed by atoms with Gasteiger partial charge in [-0.05, 0) is 40.0 Å². The van der Waals surface area contributed by atoms with Gasteiger partial charge in [0.15, 0.2) is 5.78 Å². The Bertz CT molecular complexity index is 305. The second-order valence-corrected chi connectivity index (χ2v) is 5.66. The number of ketones is 1. The first-order valence-corrected chi connectivity index (χ1v) is 6.35. The van der Waals surface area contributed by atoms with E-state index in [1.54, 1.807) is 27.9 Å². The highest BCUT2D eigenvalue weighted by Gasteiger charge is 2.35. The molecule has 1 rings (SSSR count). The first-order valence-electron chi connectivity index (χ1n) is 6.35. The molecule has 1 aliphatic rings. The van der Waals surface area contributed by atoms with Gasteiger partial charge in [0.25, 0.3) is 0 Å². The Balaban J connectivity index is 2.49. The Kier molecular flexibility index (Phi) is 5.14. The van der Waals surface area contributed by atoms with Gasteiger partial charge in [0.2, 0.25) is 0 Å². The number of hydrogen-bond donors (Lipinski definition) is 1. The summed E-state index contributed by atoms with van der Waals surface area (Å²) in [6.45, 7) is 5.82. The van der Waals surface area contributed by atoms with Crippen molar-refractivity contribution in [3.8, 4) is 0 Å². The Hall–Kier alpha value is -1.10. The molecule has 1 unspecified atom stereocenters. The van der Waals surface area contributed by atoms with Gasteiger partial charge in [-0.2, -0.15) is 0 Å². The quantitative estimate of drug-likeness (QED) is 0.789. The molecule has 0 aromatic heterocycles. The average Bonchev–Trinajstić information content (AvgIpc) is 3.04. The minimum Gasteiger partial charge on any atom is -0.444 e. The van der Waals surface area contributed by atoms with Gasteiger partial charge in [-0.25, -0.2) is 4.79 Å². The minimum atomic E-state index is -0.557. The van der Waals surface area contributed by atoms with Crippen molar-refractivity contribution in [3.63, 3.8) is 0 Å². The van der Waals surface area contributed by atoms with Crippen LogP contribution in [0.4, 0.5) is 4.79 Å². The molecule has 104 valence electrons. The third kappa shape index (κ3) is 5.49. The highest BCUT2D eigenvalue weighted by Crippen LogP contribution is 2.31. The summed E-state index contributed by atoms with van der Waals surface area (Å²) in [6.07, 6.45) is 1.81. The predicted octanol–water partition coefficient (Wildman–Crippen LogP) is 1.90. The van der Waals surface area contributed by atoms with E-state index in [1.807, 2.05) is 0 Å². The van der Waals surface area contributed by atoms with E-state index in [-0.39, 0.29) is 11.7 Å². The van der Waals surface area contributed by atoms with Gasteiger partial charge in [-0.3, -0.25) is 4.79 Å². The number of amides is 1. The van der Waals surface area contributed by atoms with Crippen molar-refractivity contribution in [2.75, 3.05) is 13.7 Å². The van der Waals surface area contributed by atoms with E-state index >= 15 is 0 Å². The summed E-state index contributed by atoms with van der Waals surface area (Å²) in [5.74, 6) is 0.208. The monoisotopic (exact) mass is 257 g/mol. The molecule has 0 saturated heterocycles. The molecule has 0 aromatic rings. The van der Waals surface area contributed by atoms with Crippen LogP contribution in [0.15, 0.2) is 0 Å². The van der Waals surface area contributed by atoms with Crippen LogP contribution in [0.25, 0.3) is 0 Å². The Morgan fingerprint density at radius 3 is 2.39 bits per heavy atom. The molecule has 18 heavy (non-hydrogen) atoms. The van der Waals surface area contributed by atoms with Crippen molar-refractivity contribution in [3.05, 3.63) is 0 Å². The number of carbonyl (C=O) groups is 2. The lowest BCUT2D eigenvalue weighted by Gasteiger charge is -2.23. The van der Waals surface area contributed by atoms with E-state index < -0.39 is 17.7 Å². The molecule has 0 radical (unpaired) electrons. The van der Waals surface area contributed by atoms with Gasteiger partial charge < -0.3 is 14.8 Å². The number of rotatable bonds is 6. The lowest BCUT2D eigenvalue weighted by Crippen LogP contribution is -2.44. The number of ether oxygens (including phenoxy) is 2. The summed E-state index contributed by atoms with van der Waals surface area (Å²) in [5, 5.41) is 2.64. The Labute approximate surface area is 108 Å². The van der Waals surface area contributed by atoms with Crippen molar-refractivity contribution in [2.45, 2.75) is 51.7 Å². The summed E-state index contributed by atoms with van der Waals surface area (Å²) in [5.41, 5.74) is -0.557. The van der Waals surface area contributed by atoms with E-state index in [0.29, 0.717) is 13.0 Å². The number of carbonyl (C=O) groups excluding carboxylic acids is 2. The molecule has 0 heterocycles. The molecule has 1 N–H and O–H groups in total. The van der Waals surface area contributed by atoms with Crippen LogP contribution in [0, 0.1) is 5.92 Å². The Morgan fingerprint density at radius 1 is 1.33 bits per heavy atom. The van der Waals surface area contributed by atoms with Crippen LogP contribution in [0.2, 0.25) is 0 Å². The molecule has 1 fully saturated rings. The highest BCUT2D eigenvalue weighted by atomic mass is 16.6. The summed E-state index contributed by atoms with van der Waals surface area (Å²) < 4.78 is 10.1. The average molecular weight is 257 g/mol. The van der Waals surface area contributed by atoms with E-state index in [4.69, 9.17) is 9.47 Å². The lowest BCUT2D eigenvalue weighted by molar-refractivity contribution is -0.122. The first kappa shape index (κ1) is 15.0. The summed E-state index contributed by atoms with van der Waals surface area (Å²) >= 11 is 0. The van der Waals surface area contributed by atoms with Gasteiger partial charge >= 0.3 is 6.09 Å². The predicted molar refractivity (Wildman–Crippen MR) is 67.4 cm³/mol. The van der Waals surface area contributed by atoms with E-state index in [9.17, 15) is 9.59 Å². The van der Waals surface area contributed by atoms with Crippen LogP contribution in [-0.4, -0.2) is 37.2 Å². The molecule has 5 nitrogen and oxygen atoms in total. The maximum atomic E-state index is 12.0. The zero-order valence-corrected chi connectivity index (χ0v) is 11.6. The topological polar surface area (TPSA) is 64.6 Å². The lowest BCUT2D eigenvalue weighted by atomic mass is 10.1. The summed E-state index contributed by atoms with van der Waals surface area (Å²) in [4.78, 5) is 23.6. The van der Waals surface area contributed by atoms with Gasteiger partial charge in [-0.1, -0.05) is 0 Å². The fourth-order valence-electron chi connectivity index (χ4n) is 1.62. The third-order valence-corrected chi connectivity index (χ3v) is 2.62. The molecule has 0 spiro atoms. The van der Waals surface area contributed by atoms with Crippen molar-refractivity contribution >= 4 is 11.9 Å². The fraction of sp³-hybridized carbons (Fsp3) is 0.846. The van der Waals surface area contributed by atoms with E-state index in [2.05, 4.69) is 5.32 Å². The zero-order chi connectivity index (χ0) is 13.8. The second kappa shape index (κ2) is 6.18. The SMILES string of the molecule is COCCC(NC(=O)OC(C)(C)C)C(=O)C1CC1. The number of methoxy groups -OCH3 is 1. The summed E-state index contributed by atoms with van der Waals surface area (Å²) in [7, 11) is 1.58. The molecule has 1 saturated carbocycles. The van der Waals surface area contributed by atoms with E-state index in [0.717, 1.165) is 12.8 Å². The minimum absolute atomic E-state index is 0.0953. The van der Waals surface area contributed by atoms with E-state index in [1.165, 1.54) is 0 Å². The van der Waals surface area contributed by atoms with Crippen molar-refractivity contribution in [2.24, 2.45) is 5.92 Å². The van der Waals surface area contributed by atoms with Gasteiger partial charge in [0.05, 0.1) is 6.04 Å². The molecular formula is C13H23NO4. The molecule has 0 aliphatic heterocycles. The van der Waals surface area contributed by atoms with Crippen LogP contribution in [0.1, 0.15) is 40.0 Å². The molecule has 1 atom stereocenters. The maximum absolute atomic E-state index is 12.0. The molecule has 0 bridgehead atoms. The van der Waals surface area contributed by atoms with Crippen LogP contribution in [-0.2, 0) is 14.3 Å². The molecule has 1 aliphatic carbocycles. The zero-order valence-electron chi connectivity index (χ0n) is 11.6. The van der Waals surface area contributed by atoms with Crippen LogP contribution >= 0.6 is 0 Å². The van der Waals surface area contributed by atoms with Crippen molar-refractivity contribution in [1.82, 2.24) is 5.32 Å². The largest absolute Gasteiger partial charge is 0.444 e. The smallest absolute Gasteiger partial charge is 0.408 e. The number of alkyl carbamates (subject to hydrolysis) is 1. The molecule has 0 aromatic carbocycles. The number of nitrogens with one attached hydrogen (secondary N) is 1. The number of hydrogen-bond acceptors (Lipinski definition) is 4. The number of Topliss-reactive ketones (excluding diaryl/α,β-unsaturated/α-hetero) is 1. The second-order valence-electron chi connectivity index (χ2n) is 5.66. The van der Waals surface area contributed by atoms with Crippen molar-refractivity contribution < 1.29 is 19.1 Å². The normalized spacial score (nSPS) is 17.1.